The molecule has 1 aromatic carbocycles. The number of carbonyl (C=O) groups is 3. The average molecular weight is 564 g/mol. The number of amidine groups is 1. The van der Waals surface area contributed by atoms with E-state index in [0.717, 1.165) is 12.0 Å². The van der Waals surface area contributed by atoms with Gasteiger partial charge in [0.25, 0.3) is 11.6 Å². The van der Waals surface area contributed by atoms with Crippen molar-refractivity contribution in [1.29, 1.82) is 0 Å². The third-order valence-electron chi connectivity index (χ3n) is 7.43. The molecule has 3 heterocycles. The fourth-order valence-corrected chi connectivity index (χ4v) is 5.59. The van der Waals surface area contributed by atoms with E-state index in [1.54, 1.807) is 52.8 Å². The molecule has 0 bridgehead atoms. The highest BCUT2D eigenvalue weighted by molar-refractivity contribution is 6.39. The third kappa shape index (κ3) is 5.99. The van der Waals surface area contributed by atoms with Crippen LogP contribution in [-0.4, -0.2) is 71.2 Å². The number of piperazine rings is 1. The van der Waals surface area contributed by atoms with Crippen molar-refractivity contribution in [3.8, 4) is 0 Å². The highest BCUT2D eigenvalue weighted by Crippen LogP contribution is 2.26. The number of carbonyl (C=O) groups excluding carboxylic acids is 3. The number of allylic oxidation sites excluding steroid dienone is 2. The third-order valence-corrected chi connectivity index (χ3v) is 7.67. The molecule has 1 atom stereocenters. The Kier molecular flexibility index (Phi) is 8.54. The van der Waals surface area contributed by atoms with Crippen LogP contribution < -0.4 is 10.3 Å². The van der Waals surface area contributed by atoms with Gasteiger partial charge in [0, 0.05) is 61.2 Å². The molecule has 1 saturated heterocycles. The molecule has 2 aliphatic rings. The predicted molar refractivity (Wildman–Crippen MR) is 156 cm³/mol. The summed E-state index contributed by atoms with van der Waals surface area (Å²) in [7, 11) is 1.75. The molecule has 9 nitrogen and oxygen atoms in total. The average Bonchev–Trinajstić information content (AvgIpc) is 3.15. The van der Waals surface area contributed by atoms with Gasteiger partial charge >= 0.3 is 5.91 Å². The first-order valence-corrected chi connectivity index (χ1v) is 13.7. The van der Waals surface area contributed by atoms with Crippen LogP contribution in [0.1, 0.15) is 61.8 Å². The van der Waals surface area contributed by atoms with Crippen molar-refractivity contribution in [2.24, 2.45) is 22.8 Å². The van der Waals surface area contributed by atoms with Gasteiger partial charge in [-0.25, -0.2) is 4.99 Å². The Balaban J connectivity index is 1.50. The van der Waals surface area contributed by atoms with Gasteiger partial charge in [-0.3, -0.25) is 19.4 Å². The topological polar surface area (TPSA) is 112 Å². The maximum atomic E-state index is 13.7. The first-order chi connectivity index (χ1) is 18.9. The fourth-order valence-electron chi connectivity index (χ4n) is 5.40. The van der Waals surface area contributed by atoms with Crippen LogP contribution in [0, 0.1) is 0 Å². The molecule has 2 amide bonds. The first-order valence-electron chi connectivity index (χ1n) is 13.3. The van der Waals surface area contributed by atoms with E-state index in [-0.39, 0.29) is 29.4 Å². The molecule has 10 heteroatoms. The SMILES string of the molecule is CC(=O)C(=C(C)N)c1cccc(C(=O)N2CCN(C(=O)C3=NCCC(c4cccc(Cl)c4)C=N3)C(C)(C)C2)[n+]1C. The van der Waals surface area contributed by atoms with E-state index in [1.807, 2.05) is 38.1 Å². The molecule has 0 spiro atoms. The van der Waals surface area contributed by atoms with Crippen molar-refractivity contribution in [3.05, 3.63) is 70.1 Å². The Morgan fingerprint density at radius 2 is 1.75 bits per heavy atom. The Morgan fingerprint density at radius 3 is 2.40 bits per heavy atom. The van der Waals surface area contributed by atoms with Crippen LogP contribution in [0.5, 0.6) is 0 Å². The lowest BCUT2D eigenvalue weighted by atomic mass is 9.97. The lowest BCUT2D eigenvalue weighted by Crippen LogP contribution is -2.63. The van der Waals surface area contributed by atoms with Gasteiger partial charge in [-0.15, -0.1) is 0 Å². The van der Waals surface area contributed by atoms with E-state index in [0.29, 0.717) is 53.9 Å². The summed E-state index contributed by atoms with van der Waals surface area (Å²) in [5.74, 6) is -0.402. The number of hydrogen-bond donors (Lipinski definition) is 1. The minimum atomic E-state index is -0.657. The summed E-state index contributed by atoms with van der Waals surface area (Å²) in [5, 5.41) is 0.659. The van der Waals surface area contributed by atoms with Gasteiger partial charge in [0.15, 0.2) is 5.78 Å². The molecule has 2 N–H and O–H groups in total. The number of pyridine rings is 1. The number of nitrogens with two attached hydrogens (primary N) is 1. The number of aromatic nitrogens is 1. The lowest BCUT2D eigenvalue weighted by Gasteiger charge is -2.46. The Labute approximate surface area is 240 Å². The zero-order valence-corrected chi connectivity index (χ0v) is 24.4. The summed E-state index contributed by atoms with van der Waals surface area (Å²) < 4.78 is 1.70. The summed E-state index contributed by atoms with van der Waals surface area (Å²) in [6.07, 6.45) is 2.51. The van der Waals surface area contributed by atoms with Crippen LogP contribution in [0.2, 0.25) is 5.02 Å². The fraction of sp³-hybridized carbons (Fsp3) is 0.400. The van der Waals surface area contributed by atoms with Crippen molar-refractivity contribution in [2.75, 3.05) is 26.2 Å². The van der Waals surface area contributed by atoms with E-state index in [1.165, 1.54) is 6.92 Å². The molecule has 40 heavy (non-hydrogen) atoms. The van der Waals surface area contributed by atoms with E-state index < -0.39 is 5.54 Å². The highest BCUT2D eigenvalue weighted by atomic mass is 35.5. The second-order valence-corrected chi connectivity index (χ2v) is 11.3. The van der Waals surface area contributed by atoms with Crippen LogP contribution >= 0.6 is 11.6 Å². The van der Waals surface area contributed by atoms with E-state index >= 15 is 0 Å². The molecule has 2 aliphatic heterocycles. The number of aliphatic imine (C=N–C) groups is 2. The summed E-state index contributed by atoms with van der Waals surface area (Å²) in [4.78, 5) is 51.9. The summed E-state index contributed by atoms with van der Waals surface area (Å²) in [5.41, 5.74) is 8.15. The number of hydrogen-bond acceptors (Lipinski definition) is 6. The van der Waals surface area contributed by atoms with Crippen molar-refractivity contribution in [1.82, 2.24) is 9.80 Å². The second kappa shape index (κ2) is 11.7. The molecule has 1 unspecified atom stereocenters. The number of Topliss-reactive ketones (excluding diaryl/α,β-unsaturated/α-hetero) is 1. The van der Waals surface area contributed by atoms with Gasteiger partial charge in [0.05, 0.1) is 5.54 Å². The second-order valence-electron chi connectivity index (χ2n) is 10.9. The molecular formula is C30H36ClN6O3+. The van der Waals surface area contributed by atoms with Gasteiger partial charge in [-0.05, 0) is 57.9 Å². The van der Waals surface area contributed by atoms with Gasteiger partial charge in [-0.2, -0.15) is 4.57 Å². The maximum absolute atomic E-state index is 13.7. The molecule has 0 aliphatic carbocycles. The molecule has 0 saturated carbocycles. The van der Waals surface area contributed by atoms with Crippen molar-refractivity contribution in [3.63, 3.8) is 0 Å². The zero-order chi connectivity index (χ0) is 29.2. The summed E-state index contributed by atoms with van der Waals surface area (Å²) in [6, 6.07) is 12.9. The van der Waals surface area contributed by atoms with Crippen LogP contribution in [0.25, 0.3) is 5.57 Å². The standard InChI is InChI=1S/C30H35ClN6O3/c1-19(32)26(20(2)38)24-10-7-11-25(35(24)5)28(39)36-14-15-37(30(3,4)18-36)29(40)27-33-13-12-22(17-34-27)21-8-6-9-23(31)16-21/h6-11,16-17,22,32H,12-15,18H2,1-5H3/p+1. The van der Waals surface area contributed by atoms with Crippen LogP contribution in [0.4, 0.5) is 0 Å². The van der Waals surface area contributed by atoms with Gasteiger partial charge in [-0.1, -0.05) is 23.7 Å². The molecule has 2 aromatic rings. The smallest absolute Gasteiger partial charge is 0.318 e. The number of ketones is 1. The van der Waals surface area contributed by atoms with Crippen molar-refractivity contribution < 1.29 is 19.0 Å². The van der Waals surface area contributed by atoms with E-state index in [2.05, 4.69) is 9.98 Å². The minimum absolute atomic E-state index is 0.0214. The number of rotatable bonds is 5. The number of amides is 2. The van der Waals surface area contributed by atoms with Crippen molar-refractivity contribution in [2.45, 2.75) is 45.6 Å². The highest BCUT2D eigenvalue weighted by Gasteiger charge is 2.41. The number of nitrogens with zero attached hydrogens (tertiary/aromatic N) is 5. The quantitative estimate of drug-likeness (QED) is 0.445. The maximum Gasteiger partial charge on any atom is 0.318 e. The first kappa shape index (κ1) is 29.1. The molecule has 4 rings (SSSR count). The largest absolute Gasteiger partial charge is 0.401 e. The normalized spacial score (nSPS) is 19.4. The number of benzene rings is 1. The Hall–Kier alpha value is -3.85. The van der Waals surface area contributed by atoms with E-state index in [4.69, 9.17) is 17.3 Å². The van der Waals surface area contributed by atoms with Gasteiger partial charge in [0.1, 0.15) is 12.6 Å². The zero-order valence-electron chi connectivity index (χ0n) is 23.6. The van der Waals surface area contributed by atoms with Crippen LogP contribution in [-0.2, 0) is 16.6 Å². The molecule has 1 fully saturated rings. The molecular weight excluding hydrogens is 528 g/mol. The summed E-state index contributed by atoms with van der Waals surface area (Å²) in [6.45, 7) is 8.50. The predicted octanol–water partition coefficient (Wildman–Crippen LogP) is 3.16. The number of halogens is 1. The monoisotopic (exact) mass is 563 g/mol. The summed E-state index contributed by atoms with van der Waals surface area (Å²) >= 11 is 6.16. The van der Waals surface area contributed by atoms with Gasteiger partial charge < -0.3 is 15.5 Å². The van der Waals surface area contributed by atoms with E-state index in [9.17, 15) is 14.4 Å². The van der Waals surface area contributed by atoms with Crippen molar-refractivity contribution >= 4 is 46.8 Å². The van der Waals surface area contributed by atoms with Crippen LogP contribution in [0.3, 0.4) is 0 Å². The molecule has 210 valence electrons. The molecule has 1 aromatic heterocycles. The Morgan fingerprint density at radius 1 is 1.05 bits per heavy atom. The Bertz CT molecular complexity index is 1440. The lowest BCUT2D eigenvalue weighted by molar-refractivity contribution is -0.675. The minimum Gasteiger partial charge on any atom is -0.401 e. The van der Waals surface area contributed by atoms with Crippen LogP contribution in [0.15, 0.2) is 58.1 Å². The van der Waals surface area contributed by atoms with Gasteiger partial charge in [0.2, 0.25) is 11.5 Å². The molecule has 0 radical (unpaired) electrons.